The summed E-state index contributed by atoms with van der Waals surface area (Å²) < 4.78 is 0. The molecule has 0 fully saturated rings. The van der Waals surface area contributed by atoms with Crippen LogP contribution in [-0.4, -0.2) is 4.98 Å². The quantitative estimate of drug-likeness (QED) is 0.625. The number of hydrogen-bond acceptors (Lipinski definition) is 0. The Labute approximate surface area is 66.4 Å². The molecule has 0 spiro atoms. The molecule has 0 amide bonds. The molecule has 1 aliphatic carbocycles. The molecule has 1 aromatic heterocycles. The van der Waals surface area contributed by atoms with Crippen molar-refractivity contribution < 1.29 is 0 Å². The van der Waals surface area contributed by atoms with Crippen LogP contribution in [0.3, 0.4) is 0 Å². The molecule has 0 saturated carbocycles. The van der Waals surface area contributed by atoms with Gasteiger partial charge in [-0.3, -0.25) is 0 Å². The fourth-order valence-electron chi connectivity index (χ4n) is 1.33. The van der Waals surface area contributed by atoms with Crippen molar-refractivity contribution in [2.75, 3.05) is 0 Å². The molecule has 1 nitrogen and oxygen atoms in total. The van der Waals surface area contributed by atoms with E-state index in [2.05, 4.69) is 29.3 Å². The first kappa shape index (κ1) is 6.47. The summed E-state index contributed by atoms with van der Waals surface area (Å²) in [5.41, 5.74) is 2.64. The van der Waals surface area contributed by atoms with E-state index < -0.39 is 0 Å². The monoisotopic (exact) mass is 145 g/mol. The molecule has 0 saturated heterocycles. The van der Waals surface area contributed by atoms with Crippen LogP contribution in [0.15, 0.2) is 36.7 Å². The summed E-state index contributed by atoms with van der Waals surface area (Å²) in [6.07, 6.45) is 13.0. The number of aromatic nitrogens is 1. The minimum Gasteiger partial charge on any atom is -0.367 e. The molecule has 0 radical (unpaired) electrons. The van der Waals surface area contributed by atoms with Gasteiger partial charge in [-0.2, -0.15) is 0 Å². The molecule has 1 heterocycles. The van der Waals surface area contributed by atoms with Crippen LogP contribution in [0.5, 0.6) is 0 Å². The Hall–Kier alpha value is -1.24. The molecule has 0 unspecified atom stereocenters. The molecule has 1 N–H and O–H groups in total. The van der Waals surface area contributed by atoms with E-state index in [0.717, 1.165) is 0 Å². The van der Waals surface area contributed by atoms with Crippen molar-refractivity contribution in [3.63, 3.8) is 0 Å². The van der Waals surface area contributed by atoms with E-state index in [1.54, 1.807) is 0 Å². The van der Waals surface area contributed by atoms with Crippen molar-refractivity contribution in [2.45, 2.75) is 12.8 Å². The molecule has 0 bridgehead atoms. The van der Waals surface area contributed by atoms with E-state index in [1.807, 2.05) is 12.4 Å². The van der Waals surface area contributed by atoms with Crippen LogP contribution in [-0.2, 0) is 0 Å². The van der Waals surface area contributed by atoms with E-state index >= 15 is 0 Å². The second-order valence-corrected chi connectivity index (χ2v) is 2.74. The maximum absolute atomic E-state index is 3.05. The summed E-state index contributed by atoms with van der Waals surface area (Å²) in [5, 5.41) is 0. The second kappa shape index (κ2) is 2.79. The third-order valence-corrected chi connectivity index (χ3v) is 1.93. The number of H-pyrrole nitrogens is 1. The predicted octanol–water partition coefficient (Wildman–Crippen LogP) is 2.75. The van der Waals surface area contributed by atoms with E-state index in [-0.39, 0.29) is 0 Å². The SMILES string of the molecule is C1=CC(c2cc[nH]c2)=CCC1. The smallest absolute Gasteiger partial charge is 0.00840 e. The molecule has 0 aliphatic heterocycles. The fraction of sp³-hybridized carbons (Fsp3) is 0.200. The Balaban J connectivity index is 2.29. The van der Waals surface area contributed by atoms with Crippen LogP contribution < -0.4 is 0 Å². The first-order chi connectivity index (χ1) is 5.47. The molecule has 1 aromatic rings. The van der Waals surface area contributed by atoms with Gasteiger partial charge in [0.1, 0.15) is 0 Å². The van der Waals surface area contributed by atoms with E-state index in [1.165, 1.54) is 24.0 Å². The fourth-order valence-corrected chi connectivity index (χ4v) is 1.33. The standard InChI is InChI=1S/C10H11N/c1-2-4-9(5-3-1)10-6-7-11-8-10/h2,4-8,11H,1,3H2. The minimum atomic E-state index is 1.18. The Bertz CT molecular complexity index is 278. The average molecular weight is 145 g/mol. The normalized spacial score (nSPS) is 16.5. The first-order valence-electron chi connectivity index (χ1n) is 3.97. The molecule has 11 heavy (non-hydrogen) atoms. The third-order valence-electron chi connectivity index (χ3n) is 1.93. The predicted molar refractivity (Wildman–Crippen MR) is 47.1 cm³/mol. The lowest BCUT2D eigenvalue weighted by Gasteiger charge is -2.03. The van der Waals surface area contributed by atoms with Crippen LogP contribution >= 0.6 is 0 Å². The Morgan fingerprint density at radius 3 is 2.91 bits per heavy atom. The lowest BCUT2D eigenvalue weighted by atomic mass is 10.0. The highest BCUT2D eigenvalue weighted by Crippen LogP contribution is 2.19. The van der Waals surface area contributed by atoms with Gasteiger partial charge >= 0.3 is 0 Å². The molecular weight excluding hydrogens is 134 g/mol. The van der Waals surface area contributed by atoms with Crippen molar-refractivity contribution >= 4 is 5.57 Å². The van der Waals surface area contributed by atoms with Crippen LogP contribution in [0.4, 0.5) is 0 Å². The van der Waals surface area contributed by atoms with Gasteiger partial charge in [0.2, 0.25) is 0 Å². The zero-order valence-corrected chi connectivity index (χ0v) is 6.38. The zero-order valence-electron chi connectivity index (χ0n) is 6.38. The molecule has 1 aliphatic rings. The van der Waals surface area contributed by atoms with Crippen LogP contribution in [0, 0.1) is 0 Å². The first-order valence-corrected chi connectivity index (χ1v) is 3.97. The van der Waals surface area contributed by atoms with Crippen LogP contribution in [0.1, 0.15) is 18.4 Å². The molecule has 0 atom stereocenters. The summed E-state index contributed by atoms with van der Waals surface area (Å²) in [6, 6.07) is 2.10. The van der Waals surface area contributed by atoms with Gasteiger partial charge in [-0.25, -0.2) is 0 Å². The second-order valence-electron chi connectivity index (χ2n) is 2.74. The summed E-state index contributed by atoms with van der Waals surface area (Å²) in [6.45, 7) is 0. The van der Waals surface area contributed by atoms with Gasteiger partial charge in [0.05, 0.1) is 0 Å². The molecule has 0 aromatic carbocycles. The Kier molecular flexibility index (Phi) is 1.64. The highest BCUT2D eigenvalue weighted by atomic mass is 14.6. The highest BCUT2D eigenvalue weighted by Gasteiger charge is 1.99. The van der Waals surface area contributed by atoms with Crippen LogP contribution in [0.25, 0.3) is 5.57 Å². The molecule has 2 rings (SSSR count). The largest absolute Gasteiger partial charge is 0.367 e. The lowest BCUT2D eigenvalue weighted by molar-refractivity contribution is 1.04. The van der Waals surface area contributed by atoms with Gasteiger partial charge in [0, 0.05) is 12.4 Å². The van der Waals surface area contributed by atoms with E-state index in [4.69, 9.17) is 0 Å². The summed E-state index contributed by atoms with van der Waals surface area (Å²) in [7, 11) is 0. The van der Waals surface area contributed by atoms with Gasteiger partial charge in [-0.1, -0.05) is 18.2 Å². The van der Waals surface area contributed by atoms with Crippen LogP contribution in [0.2, 0.25) is 0 Å². The third kappa shape index (κ3) is 1.27. The van der Waals surface area contributed by atoms with Crippen molar-refractivity contribution in [1.82, 2.24) is 4.98 Å². The minimum absolute atomic E-state index is 1.18. The number of rotatable bonds is 1. The van der Waals surface area contributed by atoms with Gasteiger partial charge in [-0.15, -0.1) is 0 Å². The average Bonchev–Trinajstić information content (AvgIpc) is 2.58. The number of aromatic amines is 1. The van der Waals surface area contributed by atoms with Gasteiger partial charge in [-0.05, 0) is 30.0 Å². The lowest BCUT2D eigenvalue weighted by Crippen LogP contribution is -1.82. The zero-order chi connectivity index (χ0) is 7.52. The van der Waals surface area contributed by atoms with Crippen molar-refractivity contribution in [2.24, 2.45) is 0 Å². The summed E-state index contributed by atoms with van der Waals surface area (Å²) >= 11 is 0. The molecule has 1 heteroatoms. The van der Waals surface area contributed by atoms with E-state index in [9.17, 15) is 0 Å². The maximum Gasteiger partial charge on any atom is 0.00840 e. The van der Waals surface area contributed by atoms with Crippen molar-refractivity contribution in [3.05, 3.63) is 42.3 Å². The number of nitrogens with one attached hydrogen (secondary N) is 1. The highest BCUT2D eigenvalue weighted by molar-refractivity contribution is 5.74. The van der Waals surface area contributed by atoms with E-state index in [0.29, 0.717) is 0 Å². The van der Waals surface area contributed by atoms with Crippen molar-refractivity contribution in [3.8, 4) is 0 Å². The maximum atomic E-state index is 3.05. The number of allylic oxidation sites excluding steroid dienone is 4. The van der Waals surface area contributed by atoms with Gasteiger partial charge in [0.15, 0.2) is 0 Å². The number of hydrogen-bond donors (Lipinski definition) is 1. The Morgan fingerprint density at radius 1 is 1.27 bits per heavy atom. The van der Waals surface area contributed by atoms with Gasteiger partial charge in [0.25, 0.3) is 0 Å². The summed E-state index contributed by atoms with van der Waals surface area (Å²) in [4.78, 5) is 3.05. The molecule has 56 valence electrons. The topological polar surface area (TPSA) is 15.8 Å². The van der Waals surface area contributed by atoms with Gasteiger partial charge < -0.3 is 4.98 Å². The Morgan fingerprint density at radius 2 is 2.27 bits per heavy atom. The van der Waals surface area contributed by atoms with Crippen molar-refractivity contribution in [1.29, 1.82) is 0 Å². The molecular formula is C10H11N. The summed E-state index contributed by atoms with van der Waals surface area (Å²) in [5.74, 6) is 0.